The van der Waals surface area contributed by atoms with Crippen LogP contribution in [0.3, 0.4) is 0 Å². The average molecular weight is 256 g/mol. The summed E-state index contributed by atoms with van der Waals surface area (Å²) in [7, 11) is 0. The standard InChI is InChI=1S/C14H24O4/c1-14(2,3)18-12(15)9-11(13(16)17)10-7-5-4-6-8-10/h10-11H,4-9H2,1-3H3,(H,16,17). The normalized spacial score (nSPS) is 19.3. The predicted octanol–water partition coefficient (Wildman–Crippen LogP) is 3.00. The summed E-state index contributed by atoms with van der Waals surface area (Å²) in [6.45, 7) is 5.38. The fourth-order valence-corrected chi connectivity index (χ4v) is 2.55. The van der Waals surface area contributed by atoms with Gasteiger partial charge < -0.3 is 9.84 Å². The van der Waals surface area contributed by atoms with Gasteiger partial charge in [0.05, 0.1) is 12.3 Å². The minimum Gasteiger partial charge on any atom is -0.481 e. The zero-order valence-electron chi connectivity index (χ0n) is 11.6. The minimum atomic E-state index is -0.868. The van der Waals surface area contributed by atoms with Gasteiger partial charge in [0.1, 0.15) is 5.60 Å². The first kappa shape index (κ1) is 15.0. The van der Waals surface area contributed by atoms with E-state index in [-0.39, 0.29) is 12.3 Å². The smallest absolute Gasteiger partial charge is 0.307 e. The van der Waals surface area contributed by atoms with Gasteiger partial charge in [-0.2, -0.15) is 0 Å². The molecule has 0 spiro atoms. The average Bonchev–Trinajstić information content (AvgIpc) is 2.24. The highest BCUT2D eigenvalue weighted by molar-refractivity contribution is 5.79. The summed E-state index contributed by atoms with van der Waals surface area (Å²) in [6, 6.07) is 0. The van der Waals surface area contributed by atoms with E-state index in [0.29, 0.717) is 0 Å². The number of carbonyl (C=O) groups excluding carboxylic acids is 1. The van der Waals surface area contributed by atoms with Crippen LogP contribution >= 0.6 is 0 Å². The van der Waals surface area contributed by atoms with Crippen molar-refractivity contribution in [2.24, 2.45) is 11.8 Å². The summed E-state index contributed by atoms with van der Waals surface area (Å²) in [5, 5.41) is 9.26. The number of hydrogen-bond acceptors (Lipinski definition) is 3. The summed E-state index contributed by atoms with van der Waals surface area (Å²) < 4.78 is 5.21. The van der Waals surface area contributed by atoms with E-state index < -0.39 is 23.5 Å². The molecule has 104 valence electrons. The highest BCUT2D eigenvalue weighted by Gasteiger charge is 2.32. The molecule has 1 fully saturated rings. The predicted molar refractivity (Wildman–Crippen MR) is 68.2 cm³/mol. The van der Waals surface area contributed by atoms with E-state index in [4.69, 9.17) is 4.74 Å². The molecule has 4 heteroatoms. The number of rotatable bonds is 4. The monoisotopic (exact) mass is 256 g/mol. The highest BCUT2D eigenvalue weighted by Crippen LogP contribution is 2.32. The van der Waals surface area contributed by atoms with E-state index in [2.05, 4.69) is 0 Å². The quantitative estimate of drug-likeness (QED) is 0.785. The molecule has 4 nitrogen and oxygen atoms in total. The number of carboxylic acids is 1. The Morgan fingerprint density at radius 2 is 1.78 bits per heavy atom. The maximum atomic E-state index is 11.7. The maximum absolute atomic E-state index is 11.7. The van der Waals surface area contributed by atoms with Crippen LogP contribution in [0, 0.1) is 11.8 Å². The lowest BCUT2D eigenvalue weighted by atomic mass is 9.78. The largest absolute Gasteiger partial charge is 0.481 e. The molecule has 1 atom stereocenters. The third-order valence-corrected chi connectivity index (χ3v) is 3.34. The second-order valence-corrected chi connectivity index (χ2v) is 6.13. The lowest BCUT2D eigenvalue weighted by Gasteiger charge is -2.28. The first-order valence-electron chi connectivity index (χ1n) is 6.74. The lowest BCUT2D eigenvalue weighted by molar-refractivity contribution is -0.161. The molecule has 1 saturated carbocycles. The van der Waals surface area contributed by atoms with Gasteiger partial charge in [0.15, 0.2) is 0 Å². The van der Waals surface area contributed by atoms with Crippen LogP contribution in [-0.2, 0) is 14.3 Å². The third-order valence-electron chi connectivity index (χ3n) is 3.34. The molecule has 0 heterocycles. The molecular formula is C14H24O4. The van der Waals surface area contributed by atoms with Gasteiger partial charge in [-0.05, 0) is 39.5 Å². The second kappa shape index (κ2) is 6.21. The number of aliphatic carboxylic acids is 1. The summed E-state index contributed by atoms with van der Waals surface area (Å²) in [6.07, 6.45) is 5.15. The van der Waals surface area contributed by atoms with Crippen molar-refractivity contribution in [1.29, 1.82) is 0 Å². The Labute approximate surface area is 109 Å². The van der Waals surface area contributed by atoms with Gasteiger partial charge in [-0.25, -0.2) is 0 Å². The first-order chi connectivity index (χ1) is 8.29. The fourth-order valence-electron chi connectivity index (χ4n) is 2.55. The number of ether oxygens (including phenoxy) is 1. The van der Waals surface area contributed by atoms with E-state index in [1.807, 2.05) is 0 Å². The van der Waals surface area contributed by atoms with Crippen molar-refractivity contribution < 1.29 is 19.4 Å². The van der Waals surface area contributed by atoms with Gasteiger partial charge in [0.25, 0.3) is 0 Å². The lowest BCUT2D eigenvalue weighted by Crippen LogP contribution is -2.31. The molecule has 0 aromatic heterocycles. The van der Waals surface area contributed by atoms with Gasteiger partial charge >= 0.3 is 11.9 Å². The Morgan fingerprint density at radius 1 is 1.22 bits per heavy atom. The summed E-state index contributed by atoms with van der Waals surface area (Å²) in [4.78, 5) is 23.0. The van der Waals surface area contributed by atoms with Crippen LogP contribution in [0.15, 0.2) is 0 Å². The Kier molecular flexibility index (Phi) is 5.17. The molecule has 0 aromatic rings. The van der Waals surface area contributed by atoms with Crippen molar-refractivity contribution >= 4 is 11.9 Å². The van der Waals surface area contributed by atoms with Crippen molar-refractivity contribution in [2.45, 2.75) is 64.9 Å². The van der Waals surface area contributed by atoms with E-state index in [9.17, 15) is 14.7 Å². The van der Waals surface area contributed by atoms with Gasteiger partial charge in [-0.1, -0.05) is 19.3 Å². The highest BCUT2D eigenvalue weighted by atomic mass is 16.6. The Hall–Kier alpha value is -1.06. The zero-order valence-corrected chi connectivity index (χ0v) is 11.6. The number of esters is 1. The van der Waals surface area contributed by atoms with Crippen LogP contribution in [-0.4, -0.2) is 22.6 Å². The van der Waals surface area contributed by atoms with E-state index in [1.165, 1.54) is 6.42 Å². The Bertz CT molecular complexity index is 297. The van der Waals surface area contributed by atoms with Crippen LogP contribution in [0.2, 0.25) is 0 Å². The van der Waals surface area contributed by atoms with Crippen molar-refractivity contribution in [1.82, 2.24) is 0 Å². The molecule has 0 radical (unpaired) electrons. The van der Waals surface area contributed by atoms with Gasteiger partial charge in [0.2, 0.25) is 0 Å². The molecule has 0 bridgehead atoms. The van der Waals surface area contributed by atoms with Crippen LogP contribution in [0.25, 0.3) is 0 Å². The zero-order chi connectivity index (χ0) is 13.8. The molecule has 0 amide bonds. The van der Waals surface area contributed by atoms with E-state index >= 15 is 0 Å². The van der Waals surface area contributed by atoms with E-state index in [0.717, 1.165) is 25.7 Å². The summed E-state index contributed by atoms with van der Waals surface area (Å²) in [5.74, 6) is -1.72. The van der Waals surface area contributed by atoms with Crippen LogP contribution in [0.1, 0.15) is 59.3 Å². The summed E-state index contributed by atoms with van der Waals surface area (Å²) >= 11 is 0. The molecular weight excluding hydrogens is 232 g/mol. The van der Waals surface area contributed by atoms with Crippen LogP contribution < -0.4 is 0 Å². The molecule has 1 N–H and O–H groups in total. The Balaban J connectivity index is 2.57. The topological polar surface area (TPSA) is 63.6 Å². The molecule has 18 heavy (non-hydrogen) atoms. The molecule has 0 aromatic carbocycles. The molecule has 1 rings (SSSR count). The number of carbonyl (C=O) groups is 2. The molecule has 1 unspecified atom stereocenters. The molecule has 0 aliphatic heterocycles. The fraction of sp³-hybridized carbons (Fsp3) is 0.857. The van der Waals surface area contributed by atoms with Crippen molar-refractivity contribution in [3.05, 3.63) is 0 Å². The molecule has 1 aliphatic carbocycles. The third kappa shape index (κ3) is 5.07. The van der Waals surface area contributed by atoms with Crippen LogP contribution in [0.5, 0.6) is 0 Å². The van der Waals surface area contributed by atoms with Crippen molar-refractivity contribution in [3.8, 4) is 0 Å². The van der Waals surface area contributed by atoms with Crippen molar-refractivity contribution in [3.63, 3.8) is 0 Å². The van der Waals surface area contributed by atoms with Crippen molar-refractivity contribution in [2.75, 3.05) is 0 Å². The number of carboxylic acid groups (broad SMARTS) is 1. The molecule has 0 saturated heterocycles. The summed E-state index contributed by atoms with van der Waals surface area (Å²) in [5.41, 5.74) is -0.549. The first-order valence-corrected chi connectivity index (χ1v) is 6.74. The van der Waals surface area contributed by atoms with Gasteiger partial charge in [-0.15, -0.1) is 0 Å². The van der Waals surface area contributed by atoms with Crippen LogP contribution in [0.4, 0.5) is 0 Å². The second-order valence-electron chi connectivity index (χ2n) is 6.13. The maximum Gasteiger partial charge on any atom is 0.307 e. The molecule has 1 aliphatic rings. The van der Waals surface area contributed by atoms with E-state index in [1.54, 1.807) is 20.8 Å². The number of hydrogen-bond donors (Lipinski definition) is 1. The SMILES string of the molecule is CC(C)(C)OC(=O)CC(C(=O)O)C1CCCCC1. The van der Waals surface area contributed by atoms with Gasteiger partial charge in [-0.3, -0.25) is 9.59 Å². The van der Waals surface area contributed by atoms with Gasteiger partial charge in [0, 0.05) is 0 Å². The Morgan fingerprint density at radius 3 is 2.22 bits per heavy atom. The minimum absolute atomic E-state index is 0.00271.